The molecule has 0 unspecified atom stereocenters. The zero-order valence-electron chi connectivity index (χ0n) is 17.1. The Kier molecular flexibility index (Phi) is 4.75. The van der Waals surface area contributed by atoms with E-state index in [1.165, 1.54) is 0 Å². The maximum atomic E-state index is 13.6. The van der Waals surface area contributed by atoms with Crippen molar-refractivity contribution in [2.24, 2.45) is 7.05 Å². The third kappa shape index (κ3) is 3.85. The minimum absolute atomic E-state index is 0.0951. The number of ether oxygens (including phenoxy) is 1. The Bertz CT molecular complexity index is 1220. The van der Waals surface area contributed by atoms with Crippen molar-refractivity contribution < 1.29 is 22.3 Å². The first kappa shape index (κ1) is 20.6. The molecule has 0 radical (unpaired) electrons. The number of aryl methyl sites for hydroxylation is 1. The highest BCUT2D eigenvalue weighted by Crippen LogP contribution is 2.43. The molecule has 0 bridgehead atoms. The molecule has 1 aromatic carbocycles. The van der Waals surface area contributed by atoms with E-state index in [0.717, 1.165) is 36.2 Å². The van der Waals surface area contributed by atoms with Gasteiger partial charge in [-0.15, -0.1) is 0 Å². The number of anilines is 1. The average molecular weight is 448 g/mol. The molecule has 6 nitrogen and oxygen atoms in total. The maximum absolute atomic E-state index is 13.6. The van der Waals surface area contributed by atoms with E-state index in [9.17, 15) is 22.4 Å². The summed E-state index contributed by atoms with van der Waals surface area (Å²) in [6.45, 7) is 0.794. The van der Waals surface area contributed by atoms with Crippen LogP contribution in [0.2, 0.25) is 0 Å². The fraction of sp³-hybridized carbons (Fsp3) is 0.364. The Balaban J connectivity index is 1.35. The van der Waals surface area contributed by atoms with Gasteiger partial charge in [-0.25, -0.2) is 4.39 Å². The van der Waals surface area contributed by atoms with Crippen molar-refractivity contribution in [3.63, 3.8) is 0 Å². The molecule has 1 aliphatic carbocycles. The van der Waals surface area contributed by atoms with Crippen molar-refractivity contribution in [3.05, 3.63) is 70.2 Å². The summed E-state index contributed by atoms with van der Waals surface area (Å²) < 4.78 is 61.1. The van der Waals surface area contributed by atoms with Crippen LogP contribution in [0.5, 0.6) is 5.75 Å². The van der Waals surface area contributed by atoms with E-state index < -0.39 is 23.7 Å². The fourth-order valence-electron chi connectivity index (χ4n) is 4.01. The molecule has 32 heavy (non-hydrogen) atoms. The Hall–Kier alpha value is -3.30. The summed E-state index contributed by atoms with van der Waals surface area (Å²) in [5.74, 6) is -0.962. The van der Waals surface area contributed by atoms with Gasteiger partial charge in [-0.3, -0.25) is 14.0 Å². The van der Waals surface area contributed by atoms with Crippen molar-refractivity contribution in [2.75, 3.05) is 18.0 Å². The Morgan fingerprint density at radius 3 is 2.53 bits per heavy atom. The van der Waals surface area contributed by atoms with Crippen LogP contribution in [0.1, 0.15) is 29.9 Å². The molecule has 2 aromatic heterocycles. The van der Waals surface area contributed by atoms with Gasteiger partial charge >= 0.3 is 6.18 Å². The zero-order chi connectivity index (χ0) is 22.6. The number of nitrogens with zero attached hydrogens (tertiary/aromatic N) is 4. The van der Waals surface area contributed by atoms with E-state index in [1.54, 1.807) is 34.9 Å². The molecule has 168 valence electrons. The number of benzene rings is 1. The van der Waals surface area contributed by atoms with Crippen LogP contribution in [0.4, 0.5) is 23.2 Å². The molecule has 1 saturated heterocycles. The van der Waals surface area contributed by atoms with Crippen LogP contribution in [-0.4, -0.2) is 33.5 Å². The second-order valence-corrected chi connectivity index (χ2v) is 8.25. The second-order valence-electron chi connectivity index (χ2n) is 8.25. The number of halogens is 4. The summed E-state index contributed by atoms with van der Waals surface area (Å²) in [4.78, 5) is 15.2. The smallest absolute Gasteiger partial charge is 0.416 e. The highest BCUT2D eigenvalue weighted by molar-refractivity contribution is 5.58. The largest absolute Gasteiger partial charge is 0.487 e. The van der Waals surface area contributed by atoms with Gasteiger partial charge in [0.05, 0.1) is 30.5 Å². The first-order chi connectivity index (χ1) is 15.2. The maximum Gasteiger partial charge on any atom is 0.416 e. The van der Waals surface area contributed by atoms with Gasteiger partial charge in [0.1, 0.15) is 17.7 Å². The monoisotopic (exact) mass is 448 g/mol. The van der Waals surface area contributed by atoms with E-state index in [4.69, 9.17) is 4.74 Å². The van der Waals surface area contributed by atoms with Gasteiger partial charge in [0, 0.05) is 36.8 Å². The van der Waals surface area contributed by atoms with Gasteiger partial charge in [0.15, 0.2) is 0 Å². The van der Waals surface area contributed by atoms with E-state index in [0.29, 0.717) is 24.8 Å². The molecule has 2 fully saturated rings. The van der Waals surface area contributed by atoms with Gasteiger partial charge in [-0.2, -0.15) is 18.3 Å². The van der Waals surface area contributed by atoms with E-state index in [-0.39, 0.29) is 17.2 Å². The summed E-state index contributed by atoms with van der Waals surface area (Å²) in [6, 6.07) is 4.07. The molecule has 0 N–H and O–H groups in total. The molecule has 0 amide bonds. The van der Waals surface area contributed by atoms with Crippen molar-refractivity contribution in [2.45, 2.75) is 31.0 Å². The molecular weight excluding hydrogens is 428 g/mol. The predicted octanol–water partition coefficient (Wildman–Crippen LogP) is 3.87. The third-order valence-electron chi connectivity index (χ3n) is 5.75. The van der Waals surface area contributed by atoms with Crippen molar-refractivity contribution in [3.8, 4) is 11.4 Å². The van der Waals surface area contributed by atoms with Crippen LogP contribution >= 0.6 is 0 Å². The van der Waals surface area contributed by atoms with Gasteiger partial charge in [0.25, 0.3) is 5.56 Å². The van der Waals surface area contributed by atoms with Crippen molar-refractivity contribution in [1.29, 1.82) is 0 Å². The van der Waals surface area contributed by atoms with Crippen LogP contribution in [0.3, 0.4) is 0 Å². The minimum Gasteiger partial charge on any atom is -0.487 e. The van der Waals surface area contributed by atoms with E-state index >= 15 is 0 Å². The molecule has 2 aliphatic rings. The first-order valence-corrected chi connectivity index (χ1v) is 10.2. The lowest BCUT2D eigenvalue weighted by atomic mass is 10.0. The number of pyridine rings is 1. The normalized spacial score (nSPS) is 16.8. The molecule has 3 aromatic rings. The second kappa shape index (κ2) is 7.39. The summed E-state index contributed by atoms with van der Waals surface area (Å²) in [6.07, 6.45) is 1.93. The number of rotatable bonds is 5. The quantitative estimate of drug-likeness (QED) is 0.556. The standard InChI is InChI=1S/C22H20F4N4O2/c1-28-10-16(9-27-28)30-5-4-19(20(21(30)31)13-2-3-13)29-11-18(12-29)32-17-7-14(22(24,25)26)6-15(23)8-17/h4-10,13,18H,2-3,11-12H2,1H3. The van der Waals surface area contributed by atoms with Gasteiger partial charge < -0.3 is 9.64 Å². The molecular formula is C22H20F4N4O2. The highest BCUT2D eigenvalue weighted by Gasteiger charge is 2.37. The van der Waals surface area contributed by atoms with Crippen molar-refractivity contribution in [1.82, 2.24) is 14.3 Å². The summed E-state index contributed by atoms with van der Waals surface area (Å²) in [7, 11) is 1.78. The molecule has 3 heterocycles. The molecule has 10 heteroatoms. The van der Waals surface area contributed by atoms with Crippen LogP contribution in [0.25, 0.3) is 5.69 Å². The predicted molar refractivity (Wildman–Crippen MR) is 109 cm³/mol. The SMILES string of the molecule is Cn1cc(-n2ccc(N3CC(Oc4cc(F)cc(C(F)(F)F)c4)C3)c(C3CC3)c2=O)cn1. The Morgan fingerprint density at radius 2 is 1.91 bits per heavy atom. The average Bonchev–Trinajstić information content (AvgIpc) is 3.43. The fourth-order valence-corrected chi connectivity index (χ4v) is 4.01. The minimum atomic E-state index is -4.65. The van der Waals surface area contributed by atoms with Gasteiger partial charge in [-0.05, 0) is 37.0 Å². The lowest BCUT2D eigenvalue weighted by Gasteiger charge is -2.41. The van der Waals surface area contributed by atoms with E-state index in [1.807, 2.05) is 11.0 Å². The first-order valence-electron chi connectivity index (χ1n) is 10.2. The lowest BCUT2D eigenvalue weighted by molar-refractivity contribution is -0.137. The molecule has 0 atom stereocenters. The summed E-state index contributed by atoms with van der Waals surface area (Å²) >= 11 is 0. The molecule has 1 saturated carbocycles. The lowest BCUT2D eigenvalue weighted by Crippen LogP contribution is -2.54. The molecule has 1 aliphatic heterocycles. The number of alkyl halides is 3. The van der Waals surface area contributed by atoms with Crippen LogP contribution in [-0.2, 0) is 13.2 Å². The number of aromatic nitrogens is 3. The topological polar surface area (TPSA) is 52.3 Å². The molecule has 5 rings (SSSR count). The Labute approximate surface area is 180 Å². The van der Waals surface area contributed by atoms with Gasteiger partial charge in [-0.1, -0.05) is 0 Å². The molecule has 0 spiro atoms. The number of hydrogen-bond acceptors (Lipinski definition) is 4. The zero-order valence-corrected chi connectivity index (χ0v) is 17.1. The summed E-state index contributed by atoms with van der Waals surface area (Å²) in [5.41, 5.74) is 1.05. The van der Waals surface area contributed by atoms with Crippen LogP contribution in [0.15, 0.2) is 47.7 Å². The Morgan fingerprint density at radius 1 is 1.16 bits per heavy atom. The van der Waals surface area contributed by atoms with E-state index in [2.05, 4.69) is 5.10 Å². The van der Waals surface area contributed by atoms with Crippen molar-refractivity contribution >= 4 is 5.69 Å². The third-order valence-corrected chi connectivity index (χ3v) is 5.75. The van der Waals surface area contributed by atoms with Gasteiger partial charge in [0.2, 0.25) is 0 Å². The van der Waals surface area contributed by atoms with Crippen LogP contribution < -0.4 is 15.2 Å². The van der Waals surface area contributed by atoms with Crippen LogP contribution in [0, 0.1) is 5.82 Å². The number of hydrogen-bond donors (Lipinski definition) is 0. The summed E-state index contributed by atoms with van der Waals surface area (Å²) in [5, 5.41) is 4.12. The highest BCUT2D eigenvalue weighted by atomic mass is 19.4.